The molecule has 2 saturated heterocycles. The first kappa shape index (κ1) is 24.2. The van der Waals surface area contributed by atoms with Crippen molar-refractivity contribution in [3.63, 3.8) is 0 Å². The summed E-state index contributed by atoms with van der Waals surface area (Å²) in [6.45, 7) is 11.0. The van der Waals surface area contributed by atoms with Gasteiger partial charge in [-0.1, -0.05) is 19.8 Å². The number of hydrogen-bond donors (Lipinski definition) is 0. The summed E-state index contributed by atoms with van der Waals surface area (Å²) in [5.41, 5.74) is 5.55. The van der Waals surface area contributed by atoms with Gasteiger partial charge in [0.25, 0.3) is 0 Å². The summed E-state index contributed by atoms with van der Waals surface area (Å²) in [5.74, 6) is 0.786. The number of halogens is 1. The zero-order valence-electron chi connectivity index (χ0n) is 20.5. The summed E-state index contributed by atoms with van der Waals surface area (Å²) in [7, 11) is 0. The molecule has 0 N–H and O–H groups in total. The largest absolute Gasteiger partial charge is 0.372 e. The Hall–Kier alpha value is -0.930. The Kier molecular flexibility index (Phi) is 8.32. The van der Waals surface area contributed by atoms with E-state index in [0.29, 0.717) is 0 Å². The quantitative estimate of drug-likeness (QED) is 0.413. The molecule has 0 bridgehead atoms. The Morgan fingerprint density at radius 1 is 0.812 bits per heavy atom. The van der Waals surface area contributed by atoms with Crippen molar-refractivity contribution in [1.29, 1.82) is 0 Å². The highest BCUT2D eigenvalue weighted by molar-refractivity contribution is 5.85. The minimum absolute atomic E-state index is 0. The second-order valence-electron chi connectivity index (χ2n) is 11.1. The summed E-state index contributed by atoms with van der Waals surface area (Å²) in [6, 6.07) is 7.58. The molecule has 0 aromatic heterocycles. The standard InChI is InChI=1S/C28H45N3.ClH/c1-2-3-5-16-29-19-21-31(22-20-29)27-9-8-25(30-17-6-4-7-18-30)23-26(27)24-10-12-28(13-11-24)14-15-28;/h8-9,23-24H,2-7,10-22H2,1H3;1H. The Morgan fingerprint density at radius 2 is 1.53 bits per heavy atom. The van der Waals surface area contributed by atoms with Gasteiger partial charge in [0.05, 0.1) is 0 Å². The molecule has 2 heterocycles. The highest BCUT2D eigenvalue weighted by atomic mass is 35.5. The number of benzene rings is 1. The third kappa shape index (κ3) is 5.58. The lowest BCUT2D eigenvalue weighted by Gasteiger charge is -2.39. The van der Waals surface area contributed by atoms with Gasteiger partial charge in [0.2, 0.25) is 0 Å². The van der Waals surface area contributed by atoms with Crippen molar-refractivity contribution in [2.45, 2.75) is 89.9 Å². The van der Waals surface area contributed by atoms with Crippen molar-refractivity contribution in [2.24, 2.45) is 5.41 Å². The smallest absolute Gasteiger partial charge is 0.0404 e. The monoisotopic (exact) mass is 459 g/mol. The van der Waals surface area contributed by atoms with Crippen molar-refractivity contribution >= 4 is 23.8 Å². The van der Waals surface area contributed by atoms with Crippen molar-refractivity contribution < 1.29 is 0 Å². The van der Waals surface area contributed by atoms with Crippen molar-refractivity contribution in [2.75, 3.05) is 55.6 Å². The molecular weight excluding hydrogens is 414 g/mol. The molecule has 5 rings (SSSR count). The van der Waals surface area contributed by atoms with E-state index in [1.54, 1.807) is 11.3 Å². The predicted octanol–water partition coefficient (Wildman–Crippen LogP) is 6.85. The first-order valence-corrected chi connectivity index (χ1v) is 13.6. The van der Waals surface area contributed by atoms with Crippen LogP contribution in [0.4, 0.5) is 11.4 Å². The summed E-state index contributed by atoms with van der Waals surface area (Å²) in [4.78, 5) is 8.09. The van der Waals surface area contributed by atoms with Crippen LogP contribution in [0.15, 0.2) is 18.2 Å². The average Bonchev–Trinajstić information content (AvgIpc) is 3.59. The maximum Gasteiger partial charge on any atom is 0.0404 e. The molecule has 32 heavy (non-hydrogen) atoms. The molecule has 0 unspecified atom stereocenters. The van der Waals surface area contributed by atoms with Crippen molar-refractivity contribution in [3.8, 4) is 0 Å². The van der Waals surface area contributed by atoms with E-state index in [1.807, 2.05) is 0 Å². The molecule has 0 amide bonds. The minimum Gasteiger partial charge on any atom is -0.372 e. The third-order valence-corrected chi connectivity index (χ3v) is 8.97. The van der Waals surface area contributed by atoms with Crippen LogP contribution >= 0.6 is 12.4 Å². The fourth-order valence-corrected chi connectivity index (χ4v) is 6.52. The summed E-state index contributed by atoms with van der Waals surface area (Å²) in [5, 5.41) is 0. The van der Waals surface area contributed by atoms with Crippen LogP contribution in [0.3, 0.4) is 0 Å². The van der Waals surface area contributed by atoms with Crippen LogP contribution in [-0.2, 0) is 0 Å². The van der Waals surface area contributed by atoms with E-state index in [1.165, 1.54) is 129 Å². The third-order valence-electron chi connectivity index (χ3n) is 8.97. The van der Waals surface area contributed by atoms with Gasteiger partial charge in [-0.2, -0.15) is 0 Å². The van der Waals surface area contributed by atoms with E-state index in [4.69, 9.17) is 0 Å². The highest BCUT2D eigenvalue weighted by Gasteiger charge is 2.45. The molecule has 1 aromatic carbocycles. The van der Waals surface area contributed by atoms with Crippen LogP contribution in [-0.4, -0.2) is 50.7 Å². The molecule has 1 spiro atoms. The normalized spacial score (nSPS) is 23.9. The van der Waals surface area contributed by atoms with Crippen molar-refractivity contribution in [1.82, 2.24) is 4.90 Å². The van der Waals surface area contributed by atoms with E-state index in [0.717, 1.165) is 11.3 Å². The molecule has 2 aliphatic heterocycles. The molecule has 180 valence electrons. The Morgan fingerprint density at radius 3 is 2.19 bits per heavy atom. The first-order chi connectivity index (χ1) is 15.3. The molecule has 4 fully saturated rings. The SMILES string of the molecule is CCCCCN1CCN(c2ccc(N3CCCCC3)cc2C2CCC3(CC2)CC3)CC1.Cl. The molecule has 2 aliphatic carbocycles. The number of anilines is 2. The lowest BCUT2D eigenvalue weighted by Crippen LogP contribution is -2.47. The Balaban J connectivity index is 0.00000245. The number of nitrogens with zero attached hydrogens (tertiary/aromatic N) is 3. The first-order valence-electron chi connectivity index (χ1n) is 13.6. The molecule has 2 saturated carbocycles. The summed E-state index contributed by atoms with van der Waals surface area (Å²) >= 11 is 0. The van der Waals surface area contributed by atoms with Crippen LogP contribution in [0.1, 0.15) is 95.5 Å². The molecule has 4 aliphatic rings. The minimum atomic E-state index is 0. The molecule has 0 radical (unpaired) electrons. The average molecular weight is 460 g/mol. The molecule has 3 nitrogen and oxygen atoms in total. The molecule has 4 heteroatoms. The van der Waals surface area contributed by atoms with Crippen LogP contribution in [0.2, 0.25) is 0 Å². The van der Waals surface area contributed by atoms with Gasteiger partial charge in [0.15, 0.2) is 0 Å². The van der Waals surface area contributed by atoms with E-state index < -0.39 is 0 Å². The van der Waals surface area contributed by atoms with Gasteiger partial charge in [0, 0.05) is 50.6 Å². The second kappa shape index (κ2) is 11.0. The fraction of sp³-hybridized carbons (Fsp3) is 0.786. The van der Waals surface area contributed by atoms with E-state index in [9.17, 15) is 0 Å². The fourth-order valence-electron chi connectivity index (χ4n) is 6.52. The van der Waals surface area contributed by atoms with Gasteiger partial charge < -0.3 is 9.80 Å². The number of piperidine rings is 1. The molecule has 0 atom stereocenters. The lowest BCUT2D eigenvalue weighted by atomic mass is 9.76. The van der Waals surface area contributed by atoms with Crippen molar-refractivity contribution in [3.05, 3.63) is 23.8 Å². The Bertz CT molecular complexity index is 707. The predicted molar refractivity (Wildman–Crippen MR) is 141 cm³/mol. The van der Waals surface area contributed by atoms with Gasteiger partial charge in [-0.15, -0.1) is 12.4 Å². The van der Waals surface area contributed by atoms with Gasteiger partial charge in [0.1, 0.15) is 0 Å². The van der Waals surface area contributed by atoms with Gasteiger partial charge in [-0.3, -0.25) is 4.90 Å². The van der Waals surface area contributed by atoms with E-state index in [-0.39, 0.29) is 12.4 Å². The Labute approximate surface area is 203 Å². The van der Waals surface area contributed by atoms with E-state index in [2.05, 4.69) is 39.8 Å². The van der Waals surface area contributed by atoms with Gasteiger partial charge in [-0.05, 0) is 106 Å². The summed E-state index contributed by atoms with van der Waals surface area (Å²) < 4.78 is 0. The van der Waals surface area contributed by atoms with Crippen LogP contribution in [0, 0.1) is 5.41 Å². The number of rotatable bonds is 7. The van der Waals surface area contributed by atoms with Crippen LogP contribution in [0.25, 0.3) is 0 Å². The van der Waals surface area contributed by atoms with Gasteiger partial charge in [-0.25, -0.2) is 0 Å². The maximum atomic E-state index is 2.73. The molecular formula is C28H46ClN3. The number of unbranched alkanes of at least 4 members (excludes halogenated alkanes) is 2. The number of hydrogen-bond acceptors (Lipinski definition) is 3. The topological polar surface area (TPSA) is 9.72 Å². The van der Waals surface area contributed by atoms with Crippen LogP contribution in [0.5, 0.6) is 0 Å². The lowest BCUT2D eigenvalue weighted by molar-refractivity contribution is 0.252. The number of piperazine rings is 1. The zero-order valence-corrected chi connectivity index (χ0v) is 21.3. The zero-order chi connectivity index (χ0) is 21.1. The maximum absolute atomic E-state index is 2.73. The highest BCUT2D eigenvalue weighted by Crippen LogP contribution is 2.59. The second-order valence-corrected chi connectivity index (χ2v) is 11.1. The van der Waals surface area contributed by atoms with Gasteiger partial charge >= 0.3 is 0 Å². The molecule has 1 aromatic rings. The van der Waals surface area contributed by atoms with Crippen LogP contribution < -0.4 is 9.80 Å². The summed E-state index contributed by atoms with van der Waals surface area (Å²) in [6.07, 6.45) is 17.1. The van der Waals surface area contributed by atoms with E-state index >= 15 is 0 Å².